The molecular formula is C13H20FNO. The molecule has 0 fully saturated rings. The van der Waals surface area contributed by atoms with E-state index >= 15 is 0 Å². The lowest BCUT2D eigenvalue weighted by molar-refractivity contribution is -0.0559. The lowest BCUT2D eigenvalue weighted by Gasteiger charge is -2.40. The molecule has 1 aromatic carbocycles. The third kappa shape index (κ3) is 2.11. The smallest absolute Gasteiger partial charge is 0.126 e. The van der Waals surface area contributed by atoms with Crippen LogP contribution < -0.4 is 5.73 Å². The van der Waals surface area contributed by atoms with Crippen LogP contribution in [0.25, 0.3) is 0 Å². The fraction of sp³-hybridized carbons (Fsp3) is 0.538. The number of rotatable bonds is 2. The maximum atomic E-state index is 13.5. The van der Waals surface area contributed by atoms with Gasteiger partial charge in [0.25, 0.3) is 0 Å². The minimum absolute atomic E-state index is 0.0685. The minimum atomic E-state index is -1.21. The van der Waals surface area contributed by atoms with E-state index in [0.717, 1.165) is 0 Å². The van der Waals surface area contributed by atoms with Crippen molar-refractivity contribution in [2.24, 2.45) is 11.1 Å². The van der Waals surface area contributed by atoms with Crippen LogP contribution >= 0.6 is 0 Å². The molecule has 0 aliphatic heterocycles. The van der Waals surface area contributed by atoms with Crippen LogP contribution in [-0.2, 0) is 5.60 Å². The van der Waals surface area contributed by atoms with E-state index in [1.54, 1.807) is 19.1 Å². The van der Waals surface area contributed by atoms with Crippen LogP contribution in [0.2, 0.25) is 0 Å². The summed E-state index contributed by atoms with van der Waals surface area (Å²) in [5.74, 6) is -0.311. The Hall–Kier alpha value is -0.930. The van der Waals surface area contributed by atoms with E-state index in [-0.39, 0.29) is 12.4 Å². The molecule has 1 rings (SSSR count). The second kappa shape index (κ2) is 4.15. The molecule has 0 aliphatic rings. The van der Waals surface area contributed by atoms with Crippen molar-refractivity contribution >= 4 is 0 Å². The zero-order valence-electron chi connectivity index (χ0n) is 10.3. The summed E-state index contributed by atoms with van der Waals surface area (Å²) >= 11 is 0. The molecule has 0 spiro atoms. The fourth-order valence-corrected chi connectivity index (χ4v) is 1.71. The number of hydrogen-bond donors (Lipinski definition) is 2. The molecule has 1 aromatic rings. The van der Waals surface area contributed by atoms with Gasteiger partial charge in [-0.3, -0.25) is 0 Å². The Bertz CT molecular complexity index is 384. The van der Waals surface area contributed by atoms with Crippen molar-refractivity contribution in [2.45, 2.75) is 33.3 Å². The van der Waals surface area contributed by atoms with Crippen LogP contribution in [0, 0.1) is 18.2 Å². The third-order valence-corrected chi connectivity index (χ3v) is 3.19. The van der Waals surface area contributed by atoms with E-state index in [1.165, 1.54) is 6.07 Å². The quantitative estimate of drug-likeness (QED) is 0.811. The Balaban J connectivity index is 3.29. The Labute approximate surface area is 96.3 Å². The Kier molecular flexibility index (Phi) is 3.41. The maximum Gasteiger partial charge on any atom is 0.126 e. The number of nitrogens with two attached hydrogens (primary N) is 1. The summed E-state index contributed by atoms with van der Waals surface area (Å²) in [6.07, 6.45) is 0. The largest absolute Gasteiger partial charge is 0.383 e. The summed E-state index contributed by atoms with van der Waals surface area (Å²) < 4.78 is 13.5. The number of benzene rings is 1. The Morgan fingerprint density at radius 3 is 2.25 bits per heavy atom. The molecule has 0 radical (unpaired) electrons. The predicted octanol–water partition coefficient (Wildman–Crippen LogP) is 2.33. The summed E-state index contributed by atoms with van der Waals surface area (Å²) in [6.45, 7) is 7.42. The van der Waals surface area contributed by atoms with E-state index in [4.69, 9.17) is 5.73 Å². The van der Waals surface area contributed by atoms with Gasteiger partial charge in [0.15, 0.2) is 0 Å². The molecule has 3 heteroatoms. The molecular weight excluding hydrogens is 205 g/mol. The summed E-state index contributed by atoms with van der Waals surface area (Å²) in [4.78, 5) is 0. The van der Waals surface area contributed by atoms with Gasteiger partial charge in [-0.25, -0.2) is 4.39 Å². The summed E-state index contributed by atoms with van der Waals surface area (Å²) in [6, 6.07) is 4.76. The molecule has 0 aliphatic carbocycles. The van der Waals surface area contributed by atoms with Crippen LogP contribution in [0.5, 0.6) is 0 Å². The second-order valence-corrected chi connectivity index (χ2v) is 5.28. The topological polar surface area (TPSA) is 46.2 Å². The van der Waals surface area contributed by atoms with Gasteiger partial charge >= 0.3 is 0 Å². The molecule has 0 bridgehead atoms. The zero-order valence-corrected chi connectivity index (χ0v) is 10.3. The molecule has 0 saturated carbocycles. The average Bonchev–Trinajstić information content (AvgIpc) is 2.19. The summed E-state index contributed by atoms with van der Waals surface area (Å²) in [7, 11) is 0. The number of halogens is 1. The van der Waals surface area contributed by atoms with Crippen LogP contribution in [0.3, 0.4) is 0 Å². The minimum Gasteiger partial charge on any atom is -0.383 e. The molecule has 0 heterocycles. The molecule has 0 aromatic heterocycles. The standard InChI is InChI=1S/C13H20FNO/c1-9-5-6-10(7-11(9)14)13(16,8-15)12(2,3)4/h5-7,16H,8,15H2,1-4H3. The molecule has 3 N–H and O–H groups in total. The van der Waals surface area contributed by atoms with Gasteiger partial charge in [0.05, 0.1) is 0 Å². The molecule has 1 unspecified atom stereocenters. The normalized spacial score (nSPS) is 15.9. The molecule has 16 heavy (non-hydrogen) atoms. The van der Waals surface area contributed by atoms with Crippen LogP contribution in [0.1, 0.15) is 31.9 Å². The number of hydrogen-bond acceptors (Lipinski definition) is 2. The number of aliphatic hydroxyl groups is 1. The van der Waals surface area contributed by atoms with Crippen molar-refractivity contribution < 1.29 is 9.50 Å². The second-order valence-electron chi connectivity index (χ2n) is 5.28. The highest BCUT2D eigenvalue weighted by molar-refractivity contribution is 5.29. The van der Waals surface area contributed by atoms with Gasteiger partial charge in [-0.2, -0.15) is 0 Å². The summed E-state index contributed by atoms with van der Waals surface area (Å²) in [5.41, 5.74) is 5.09. The highest BCUT2D eigenvalue weighted by Crippen LogP contribution is 2.38. The van der Waals surface area contributed by atoms with Gasteiger partial charge < -0.3 is 10.8 Å². The van der Waals surface area contributed by atoms with Crippen molar-refractivity contribution in [2.75, 3.05) is 6.54 Å². The van der Waals surface area contributed by atoms with Crippen molar-refractivity contribution in [3.05, 3.63) is 35.1 Å². The molecule has 90 valence electrons. The van der Waals surface area contributed by atoms with Gasteiger partial charge in [0.1, 0.15) is 11.4 Å². The van der Waals surface area contributed by atoms with E-state index in [9.17, 15) is 9.50 Å². The SMILES string of the molecule is Cc1ccc(C(O)(CN)C(C)(C)C)cc1F. The summed E-state index contributed by atoms with van der Waals surface area (Å²) in [5, 5.41) is 10.6. The third-order valence-electron chi connectivity index (χ3n) is 3.19. The monoisotopic (exact) mass is 225 g/mol. The first-order valence-electron chi connectivity index (χ1n) is 5.41. The maximum absolute atomic E-state index is 13.5. The van der Waals surface area contributed by atoms with E-state index in [1.807, 2.05) is 20.8 Å². The lowest BCUT2D eigenvalue weighted by Crippen LogP contribution is -2.46. The van der Waals surface area contributed by atoms with Crippen LogP contribution in [-0.4, -0.2) is 11.7 Å². The first-order valence-corrected chi connectivity index (χ1v) is 5.41. The van der Waals surface area contributed by atoms with E-state index in [2.05, 4.69) is 0 Å². The van der Waals surface area contributed by atoms with E-state index in [0.29, 0.717) is 11.1 Å². The lowest BCUT2D eigenvalue weighted by atomic mass is 9.72. The van der Waals surface area contributed by atoms with Crippen molar-refractivity contribution in [3.8, 4) is 0 Å². The predicted molar refractivity (Wildman–Crippen MR) is 63.5 cm³/mol. The average molecular weight is 225 g/mol. The van der Waals surface area contributed by atoms with Gasteiger partial charge in [-0.15, -0.1) is 0 Å². The number of aryl methyl sites for hydroxylation is 1. The Morgan fingerprint density at radius 2 is 1.88 bits per heavy atom. The van der Waals surface area contributed by atoms with E-state index < -0.39 is 11.0 Å². The highest BCUT2D eigenvalue weighted by Gasteiger charge is 2.40. The van der Waals surface area contributed by atoms with Crippen molar-refractivity contribution in [1.82, 2.24) is 0 Å². The van der Waals surface area contributed by atoms with Gasteiger partial charge in [0, 0.05) is 6.54 Å². The molecule has 0 saturated heterocycles. The van der Waals surface area contributed by atoms with Gasteiger partial charge in [-0.05, 0) is 29.5 Å². The van der Waals surface area contributed by atoms with Crippen LogP contribution in [0.4, 0.5) is 4.39 Å². The van der Waals surface area contributed by atoms with Crippen molar-refractivity contribution in [1.29, 1.82) is 0 Å². The first-order chi connectivity index (χ1) is 7.22. The Morgan fingerprint density at radius 1 is 1.31 bits per heavy atom. The first kappa shape index (κ1) is 13.1. The zero-order chi connectivity index (χ0) is 12.6. The van der Waals surface area contributed by atoms with Gasteiger partial charge in [0.2, 0.25) is 0 Å². The molecule has 0 amide bonds. The molecule has 1 atom stereocenters. The fourth-order valence-electron chi connectivity index (χ4n) is 1.71. The van der Waals surface area contributed by atoms with Crippen molar-refractivity contribution in [3.63, 3.8) is 0 Å². The highest BCUT2D eigenvalue weighted by atomic mass is 19.1. The van der Waals surface area contributed by atoms with Crippen LogP contribution in [0.15, 0.2) is 18.2 Å². The molecule has 2 nitrogen and oxygen atoms in total. The van der Waals surface area contributed by atoms with Gasteiger partial charge in [-0.1, -0.05) is 32.9 Å².